The summed E-state index contributed by atoms with van der Waals surface area (Å²) in [7, 11) is 0. The van der Waals surface area contributed by atoms with Gasteiger partial charge in [0.1, 0.15) is 0 Å². The normalized spacial score (nSPS) is 24.5. The smallest absolute Gasteiger partial charge is 0.224 e. The summed E-state index contributed by atoms with van der Waals surface area (Å²) in [5.41, 5.74) is 8.55. The van der Waals surface area contributed by atoms with Crippen molar-refractivity contribution >= 4 is 5.91 Å². The lowest BCUT2D eigenvalue weighted by molar-refractivity contribution is -0.134. The van der Waals surface area contributed by atoms with Crippen LogP contribution in [0.25, 0.3) is 0 Å². The van der Waals surface area contributed by atoms with Crippen LogP contribution in [-0.4, -0.2) is 22.9 Å². The predicted molar refractivity (Wildman–Crippen MR) is 80.3 cm³/mol. The summed E-state index contributed by atoms with van der Waals surface area (Å²) in [6.45, 7) is 2.98. The van der Waals surface area contributed by atoms with E-state index in [0.717, 1.165) is 32.2 Å². The molecule has 1 aliphatic carbocycles. The van der Waals surface area contributed by atoms with Gasteiger partial charge in [-0.2, -0.15) is 0 Å². The Morgan fingerprint density at radius 2 is 2.00 bits per heavy atom. The number of carbonyl (C=O) groups is 1. The molecule has 2 N–H and O–H groups in total. The summed E-state index contributed by atoms with van der Waals surface area (Å²) in [5, 5.41) is 0. The fraction of sp³-hybridized carbons (Fsp3) is 0.588. The van der Waals surface area contributed by atoms with Crippen LogP contribution < -0.4 is 5.73 Å². The van der Waals surface area contributed by atoms with Crippen LogP contribution in [0.2, 0.25) is 0 Å². The van der Waals surface area contributed by atoms with Crippen LogP contribution in [0, 0.1) is 6.92 Å². The molecule has 3 heteroatoms. The van der Waals surface area contributed by atoms with Crippen molar-refractivity contribution in [3.8, 4) is 0 Å². The van der Waals surface area contributed by atoms with Gasteiger partial charge in [-0.05, 0) is 44.6 Å². The van der Waals surface area contributed by atoms with E-state index in [1.807, 2.05) is 0 Å². The molecule has 2 fully saturated rings. The van der Waals surface area contributed by atoms with E-state index in [1.165, 1.54) is 17.5 Å². The van der Waals surface area contributed by atoms with Crippen LogP contribution in [-0.2, 0) is 4.79 Å². The van der Waals surface area contributed by atoms with E-state index in [1.54, 1.807) is 0 Å². The van der Waals surface area contributed by atoms with Gasteiger partial charge >= 0.3 is 0 Å². The van der Waals surface area contributed by atoms with Gasteiger partial charge in [0, 0.05) is 18.5 Å². The maximum Gasteiger partial charge on any atom is 0.224 e. The lowest BCUT2D eigenvalue weighted by Gasteiger charge is -2.39. The van der Waals surface area contributed by atoms with E-state index < -0.39 is 0 Å². The van der Waals surface area contributed by atoms with Crippen molar-refractivity contribution in [3.63, 3.8) is 0 Å². The zero-order valence-electron chi connectivity index (χ0n) is 12.3. The first-order valence-corrected chi connectivity index (χ1v) is 7.72. The maximum absolute atomic E-state index is 12.6. The van der Waals surface area contributed by atoms with E-state index in [-0.39, 0.29) is 17.5 Å². The summed E-state index contributed by atoms with van der Waals surface area (Å²) in [6.07, 6.45) is 5.87. The topological polar surface area (TPSA) is 46.3 Å². The Bertz CT molecular complexity index is 490. The Morgan fingerprint density at radius 1 is 1.30 bits per heavy atom. The number of nitrogens with two attached hydrogens (primary N) is 1. The molecule has 20 heavy (non-hydrogen) atoms. The van der Waals surface area contributed by atoms with Gasteiger partial charge in [0.15, 0.2) is 0 Å². The largest absolute Gasteiger partial charge is 0.336 e. The van der Waals surface area contributed by atoms with Crippen molar-refractivity contribution in [1.29, 1.82) is 0 Å². The first kappa shape index (κ1) is 13.6. The Kier molecular flexibility index (Phi) is 3.55. The first-order chi connectivity index (χ1) is 9.57. The van der Waals surface area contributed by atoms with E-state index >= 15 is 0 Å². The molecule has 0 bridgehead atoms. The molecular weight excluding hydrogens is 248 g/mol. The lowest BCUT2D eigenvalue weighted by Crippen LogP contribution is -2.50. The van der Waals surface area contributed by atoms with Crippen molar-refractivity contribution in [2.24, 2.45) is 5.73 Å². The molecule has 108 valence electrons. The Morgan fingerprint density at radius 3 is 2.60 bits per heavy atom. The standard InChI is InChI=1S/C17H24N2O/c1-13-5-7-14(8-6-13)15-4-2-11-19(15)16(20)12-17(18)9-3-10-17/h5-8,15H,2-4,9-12,18H2,1H3/t15-/m0/s1. The summed E-state index contributed by atoms with van der Waals surface area (Å²) in [6, 6.07) is 8.84. The highest BCUT2D eigenvalue weighted by Gasteiger charge is 2.38. The highest BCUT2D eigenvalue weighted by Crippen LogP contribution is 2.37. The summed E-state index contributed by atoms with van der Waals surface area (Å²) in [5.74, 6) is 0.246. The second kappa shape index (κ2) is 5.21. The lowest BCUT2D eigenvalue weighted by atomic mass is 9.75. The van der Waals surface area contributed by atoms with E-state index in [0.29, 0.717) is 6.42 Å². The van der Waals surface area contributed by atoms with Crippen LogP contribution in [0.5, 0.6) is 0 Å². The number of hydrogen-bond acceptors (Lipinski definition) is 2. The van der Waals surface area contributed by atoms with E-state index in [4.69, 9.17) is 5.73 Å². The molecule has 1 aromatic rings. The second-order valence-corrected chi connectivity index (χ2v) is 6.55. The third-order valence-electron chi connectivity index (χ3n) is 4.89. The molecule has 1 aromatic carbocycles. The minimum atomic E-state index is -0.211. The van der Waals surface area contributed by atoms with Crippen LogP contribution in [0.4, 0.5) is 0 Å². The fourth-order valence-corrected chi connectivity index (χ4v) is 3.41. The molecule has 1 heterocycles. The number of hydrogen-bond donors (Lipinski definition) is 1. The Hall–Kier alpha value is -1.35. The van der Waals surface area contributed by atoms with E-state index in [2.05, 4.69) is 36.1 Å². The Labute approximate surface area is 121 Å². The molecule has 2 aliphatic rings. The van der Waals surface area contributed by atoms with Gasteiger partial charge in [-0.3, -0.25) is 4.79 Å². The minimum Gasteiger partial charge on any atom is -0.336 e. The van der Waals surface area contributed by atoms with Crippen molar-refractivity contribution in [2.75, 3.05) is 6.54 Å². The molecule has 1 amide bonds. The molecule has 1 atom stereocenters. The zero-order chi connectivity index (χ0) is 14.2. The van der Waals surface area contributed by atoms with Crippen molar-refractivity contribution in [1.82, 2.24) is 4.90 Å². The van der Waals surface area contributed by atoms with Crippen LogP contribution in [0.3, 0.4) is 0 Å². The first-order valence-electron chi connectivity index (χ1n) is 7.72. The van der Waals surface area contributed by atoms with Crippen molar-refractivity contribution < 1.29 is 4.79 Å². The van der Waals surface area contributed by atoms with Crippen LogP contribution >= 0.6 is 0 Å². The number of rotatable bonds is 3. The second-order valence-electron chi connectivity index (χ2n) is 6.55. The van der Waals surface area contributed by atoms with Gasteiger partial charge < -0.3 is 10.6 Å². The van der Waals surface area contributed by atoms with Gasteiger partial charge in [0.2, 0.25) is 5.91 Å². The monoisotopic (exact) mass is 272 g/mol. The maximum atomic E-state index is 12.6. The molecule has 3 rings (SSSR count). The average molecular weight is 272 g/mol. The average Bonchev–Trinajstić information content (AvgIpc) is 2.87. The van der Waals surface area contributed by atoms with Gasteiger partial charge in [0.25, 0.3) is 0 Å². The highest BCUT2D eigenvalue weighted by atomic mass is 16.2. The third-order valence-corrected chi connectivity index (χ3v) is 4.89. The molecular formula is C17H24N2O. The molecule has 3 nitrogen and oxygen atoms in total. The number of likely N-dealkylation sites (tertiary alicyclic amines) is 1. The van der Waals surface area contributed by atoms with Gasteiger partial charge in [-0.15, -0.1) is 0 Å². The molecule has 1 saturated heterocycles. The number of amides is 1. The van der Waals surface area contributed by atoms with Gasteiger partial charge in [-0.25, -0.2) is 0 Å². The summed E-state index contributed by atoms with van der Waals surface area (Å²) >= 11 is 0. The molecule has 0 unspecified atom stereocenters. The number of carbonyl (C=O) groups excluding carboxylic acids is 1. The molecule has 0 radical (unpaired) electrons. The van der Waals surface area contributed by atoms with Crippen LogP contribution in [0.15, 0.2) is 24.3 Å². The molecule has 1 saturated carbocycles. The van der Waals surface area contributed by atoms with E-state index in [9.17, 15) is 4.79 Å². The van der Waals surface area contributed by atoms with Crippen molar-refractivity contribution in [2.45, 2.75) is 57.0 Å². The summed E-state index contributed by atoms with van der Waals surface area (Å²) in [4.78, 5) is 14.6. The Balaban J connectivity index is 1.71. The van der Waals surface area contributed by atoms with Gasteiger partial charge in [0.05, 0.1) is 6.04 Å². The zero-order valence-corrected chi connectivity index (χ0v) is 12.3. The number of nitrogens with zero attached hydrogens (tertiary/aromatic N) is 1. The SMILES string of the molecule is Cc1ccc([C@@H]2CCCN2C(=O)CC2(N)CCC2)cc1. The number of benzene rings is 1. The van der Waals surface area contributed by atoms with Crippen molar-refractivity contribution in [3.05, 3.63) is 35.4 Å². The highest BCUT2D eigenvalue weighted by molar-refractivity contribution is 5.78. The van der Waals surface area contributed by atoms with Gasteiger partial charge in [-0.1, -0.05) is 29.8 Å². The quantitative estimate of drug-likeness (QED) is 0.919. The number of aryl methyl sites for hydroxylation is 1. The molecule has 1 aliphatic heterocycles. The third kappa shape index (κ3) is 2.59. The minimum absolute atomic E-state index is 0.211. The summed E-state index contributed by atoms with van der Waals surface area (Å²) < 4.78 is 0. The predicted octanol–water partition coefficient (Wildman–Crippen LogP) is 2.93. The van der Waals surface area contributed by atoms with Crippen LogP contribution in [0.1, 0.15) is 55.7 Å². The molecule has 0 aromatic heterocycles. The fourth-order valence-electron chi connectivity index (χ4n) is 3.41. The molecule has 0 spiro atoms.